The van der Waals surface area contributed by atoms with Crippen molar-refractivity contribution >= 4 is 5.97 Å². The van der Waals surface area contributed by atoms with Gasteiger partial charge in [0.25, 0.3) is 0 Å². The molecule has 0 saturated carbocycles. The first kappa shape index (κ1) is 17.3. The molecule has 0 aromatic carbocycles. The van der Waals surface area contributed by atoms with E-state index in [0.29, 0.717) is 0 Å². The van der Waals surface area contributed by atoms with E-state index in [1.54, 1.807) is 0 Å². The van der Waals surface area contributed by atoms with Crippen molar-refractivity contribution in [3.8, 4) is 0 Å². The van der Waals surface area contributed by atoms with Crippen LogP contribution in [0.25, 0.3) is 0 Å². The monoisotopic (exact) mass is 176 g/mol. The number of carbonyl (C=O) groups excluding carboxylic acids is 1. The van der Waals surface area contributed by atoms with E-state index in [-0.39, 0.29) is 5.97 Å². The van der Waals surface area contributed by atoms with E-state index < -0.39 is 0 Å². The van der Waals surface area contributed by atoms with Crippen LogP contribution in [0, 0.1) is 0 Å². The topological polar surface area (TPSA) is 35.5 Å². The van der Waals surface area contributed by atoms with Gasteiger partial charge in [-0.25, -0.2) is 0 Å². The molecule has 12 heavy (non-hydrogen) atoms. The quantitative estimate of drug-likeness (QED) is 0.477. The maximum absolute atomic E-state index is 9.59. The van der Waals surface area contributed by atoms with Gasteiger partial charge in [-0.1, -0.05) is 0 Å². The molecule has 0 amide bonds. The lowest BCUT2D eigenvalue weighted by molar-refractivity contribution is -0.137. The van der Waals surface area contributed by atoms with Crippen molar-refractivity contribution in [2.24, 2.45) is 0 Å². The summed E-state index contributed by atoms with van der Waals surface area (Å²) in [6.07, 6.45) is 0. The van der Waals surface area contributed by atoms with Crippen molar-refractivity contribution in [3.63, 3.8) is 0 Å². The molecule has 0 unspecified atom stereocenters. The Morgan fingerprint density at radius 2 is 1.50 bits per heavy atom. The number of carbonyl (C=O) groups is 1. The van der Waals surface area contributed by atoms with Crippen LogP contribution >= 0.6 is 0 Å². The van der Waals surface area contributed by atoms with Crippen LogP contribution in [0.2, 0.25) is 0 Å². The van der Waals surface area contributed by atoms with E-state index in [2.05, 4.69) is 17.9 Å². The Morgan fingerprint density at radius 3 is 1.50 bits per heavy atom. The summed E-state index contributed by atoms with van der Waals surface area (Å²) in [5.41, 5.74) is 0. The summed E-state index contributed by atoms with van der Waals surface area (Å²) in [6.45, 7) is 13.0. The fourth-order valence-corrected chi connectivity index (χ4v) is 0.204. The third kappa shape index (κ3) is 60.9. The maximum atomic E-state index is 9.59. The highest BCUT2D eigenvalue weighted by Gasteiger charge is 1.75. The maximum Gasteiger partial charge on any atom is 0.302 e. The third-order valence-electron chi connectivity index (χ3n) is 0.696. The predicted octanol–water partition coefficient (Wildman–Crippen LogP) is 2.02. The minimum atomic E-state index is -0.245. The number of ether oxygens (including phenoxy) is 2. The first-order valence-electron chi connectivity index (χ1n) is 3.81. The Kier molecular flexibility index (Phi) is 32.4. The van der Waals surface area contributed by atoms with Gasteiger partial charge in [-0.15, -0.1) is 13.2 Å². The van der Waals surface area contributed by atoms with Gasteiger partial charge >= 0.3 is 5.97 Å². The molecule has 0 rings (SSSR count). The van der Waals surface area contributed by atoms with Crippen LogP contribution in [-0.2, 0) is 14.3 Å². The summed E-state index contributed by atoms with van der Waals surface area (Å²) < 4.78 is 8.94. The standard InChI is InChI=1S/C4H10O.C3H6O2.C2H4/c1-3-5-4-2;1-3(4)5-2;1-2/h3-4H2,1-2H3;1-2H3;1-2H2. The van der Waals surface area contributed by atoms with E-state index in [1.165, 1.54) is 14.0 Å². The van der Waals surface area contributed by atoms with E-state index in [1.807, 2.05) is 13.8 Å². The van der Waals surface area contributed by atoms with Crippen molar-refractivity contribution in [2.75, 3.05) is 20.3 Å². The third-order valence-corrected chi connectivity index (χ3v) is 0.696. The second-order valence-corrected chi connectivity index (χ2v) is 1.48. The first-order chi connectivity index (χ1) is 5.68. The summed E-state index contributed by atoms with van der Waals surface area (Å²) in [7, 11) is 1.35. The molecule has 0 heterocycles. The fraction of sp³-hybridized carbons (Fsp3) is 0.667. The Bertz CT molecular complexity index is 79.8. The molecule has 0 aromatic rings. The molecule has 0 aliphatic rings. The van der Waals surface area contributed by atoms with Crippen molar-refractivity contribution in [1.29, 1.82) is 0 Å². The SMILES string of the molecule is C=C.CCOCC.COC(C)=O. The van der Waals surface area contributed by atoms with Gasteiger partial charge in [-0.2, -0.15) is 0 Å². The van der Waals surface area contributed by atoms with Crippen LogP contribution in [0.5, 0.6) is 0 Å². The van der Waals surface area contributed by atoms with Gasteiger partial charge < -0.3 is 9.47 Å². The molecule has 0 spiro atoms. The van der Waals surface area contributed by atoms with E-state index in [9.17, 15) is 4.79 Å². The Morgan fingerprint density at radius 1 is 1.25 bits per heavy atom. The molecule has 0 radical (unpaired) electrons. The summed E-state index contributed by atoms with van der Waals surface area (Å²) >= 11 is 0. The van der Waals surface area contributed by atoms with E-state index in [0.717, 1.165) is 13.2 Å². The molecule has 0 atom stereocenters. The zero-order chi connectivity index (χ0) is 10.4. The van der Waals surface area contributed by atoms with Crippen LogP contribution in [0.15, 0.2) is 13.2 Å². The molecule has 0 aromatic heterocycles. The average Bonchev–Trinajstić information content (AvgIpc) is 2.10. The lowest BCUT2D eigenvalue weighted by Crippen LogP contribution is -1.88. The smallest absolute Gasteiger partial charge is 0.302 e. The molecule has 0 aliphatic heterocycles. The summed E-state index contributed by atoms with van der Waals surface area (Å²) in [4.78, 5) is 9.59. The second-order valence-electron chi connectivity index (χ2n) is 1.48. The van der Waals surface area contributed by atoms with Crippen molar-refractivity contribution in [2.45, 2.75) is 20.8 Å². The Hall–Kier alpha value is -0.830. The highest BCUT2D eigenvalue weighted by Crippen LogP contribution is 1.64. The van der Waals surface area contributed by atoms with Crippen molar-refractivity contribution < 1.29 is 14.3 Å². The minimum Gasteiger partial charge on any atom is -0.469 e. The van der Waals surface area contributed by atoms with Crippen LogP contribution in [0.3, 0.4) is 0 Å². The summed E-state index contributed by atoms with van der Waals surface area (Å²) in [6, 6.07) is 0. The molecule has 3 nitrogen and oxygen atoms in total. The number of hydrogen-bond acceptors (Lipinski definition) is 3. The normalized spacial score (nSPS) is 6.67. The lowest BCUT2D eigenvalue weighted by Gasteiger charge is -1.86. The number of methoxy groups -OCH3 is 1. The zero-order valence-corrected chi connectivity index (χ0v) is 8.55. The molecule has 74 valence electrons. The first-order valence-corrected chi connectivity index (χ1v) is 3.81. The number of esters is 1. The Labute approximate surface area is 75.4 Å². The van der Waals surface area contributed by atoms with Crippen molar-refractivity contribution in [1.82, 2.24) is 0 Å². The van der Waals surface area contributed by atoms with E-state index >= 15 is 0 Å². The van der Waals surface area contributed by atoms with Crippen LogP contribution < -0.4 is 0 Å². The summed E-state index contributed by atoms with van der Waals surface area (Å²) in [5.74, 6) is -0.245. The van der Waals surface area contributed by atoms with Gasteiger partial charge in [0, 0.05) is 20.1 Å². The van der Waals surface area contributed by atoms with Gasteiger partial charge in [0.05, 0.1) is 7.11 Å². The molecule has 0 N–H and O–H groups in total. The fourth-order valence-electron chi connectivity index (χ4n) is 0.204. The van der Waals surface area contributed by atoms with Crippen molar-refractivity contribution in [3.05, 3.63) is 13.2 Å². The molecule has 0 saturated heterocycles. The van der Waals surface area contributed by atoms with Gasteiger partial charge in [0.1, 0.15) is 0 Å². The zero-order valence-electron chi connectivity index (χ0n) is 8.55. The highest BCUT2D eigenvalue weighted by molar-refractivity contribution is 5.65. The number of hydrogen-bond donors (Lipinski definition) is 0. The molecule has 0 bridgehead atoms. The van der Waals surface area contributed by atoms with Gasteiger partial charge in [0.15, 0.2) is 0 Å². The minimum absolute atomic E-state index is 0.245. The molecular formula is C9H20O3. The van der Waals surface area contributed by atoms with Gasteiger partial charge in [0.2, 0.25) is 0 Å². The van der Waals surface area contributed by atoms with Crippen LogP contribution in [0.1, 0.15) is 20.8 Å². The lowest BCUT2D eigenvalue weighted by atomic mass is 10.8. The predicted molar refractivity (Wildman–Crippen MR) is 51.1 cm³/mol. The molecule has 3 heteroatoms. The molecule has 0 fully saturated rings. The average molecular weight is 176 g/mol. The largest absolute Gasteiger partial charge is 0.469 e. The van der Waals surface area contributed by atoms with Crippen LogP contribution in [-0.4, -0.2) is 26.3 Å². The van der Waals surface area contributed by atoms with Crippen LogP contribution in [0.4, 0.5) is 0 Å². The van der Waals surface area contributed by atoms with E-state index in [4.69, 9.17) is 4.74 Å². The Balaban J connectivity index is -0.000000112. The molecule has 0 aliphatic carbocycles. The van der Waals surface area contributed by atoms with Gasteiger partial charge in [-0.3, -0.25) is 4.79 Å². The highest BCUT2D eigenvalue weighted by atomic mass is 16.5. The molecular weight excluding hydrogens is 156 g/mol. The second kappa shape index (κ2) is 22.5. The summed E-state index contributed by atoms with van der Waals surface area (Å²) in [5, 5.41) is 0. The number of rotatable bonds is 2. The van der Waals surface area contributed by atoms with Gasteiger partial charge in [-0.05, 0) is 13.8 Å².